The zero-order valence-corrected chi connectivity index (χ0v) is 10.8. The van der Waals surface area contributed by atoms with Crippen LogP contribution >= 0.6 is 19.5 Å². The van der Waals surface area contributed by atoms with Crippen molar-refractivity contribution in [3.8, 4) is 0 Å². The van der Waals surface area contributed by atoms with Crippen LogP contribution in [0.2, 0.25) is 0 Å². The van der Waals surface area contributed by atoms with Crippen LogP contribution in [0.5, 0.6) is 0 Å². The first kappa shape index (κ1) is 14.5. The van der Waals surface area contributed by atoms with Gasteiger partial charge in [-0.15, -0.1) is 0 Å². The van der Waals surface area contributed by atoms with E-state index in [0.29, 0.717) is 19.8 Å². The Balaban J connectivity index is 3.78. The van der Waals surface area contributed by atoms with E-state index in [9.17, 15) is 4.57 Å². The van der Waals surface area contributed by atoms with Crippen LogP contribution in [0.25, 0.3) is 0 Å². The number of hydrogen-bond donors (Lipinski definition) is 1. The molecule has 14 heavy (non-hydrogen) atoms. The third kappa shape index (κ3) is 6.85. The Labute approximate surface area is 90.7 Å². The van der Waals surface area contributed by atoms with Gasteiger partial charge in [-0.3, -0.25) is 9.05 Å². The summed E-state index contributed by atoms with van der Waals surface area (Å²) in [6, 6.07) is 0. The summed E-state index contributed by atoms with van der Waals surface area (Å²) in [5.74, 6) is 1.98. The average molecular weight is 241 g/mol. The monoisotopic (exact) mass is 241 g/mol. The van der Waals surface area contributed by atoms with Crippen molar-refractivity contribution in [2.75, 3.05) is 31.3 Å². The maximum atomic E-state index is 11.8. The molecule has 0 aliphatic carbocycles. The molecule has 0 amide bonds. The van der Waals surface area contributed by atoms with E-state index in [1.54, 1.807) is 25.6 Å². The molecule has 0 unspecified atom stereocenters. The second-order valence-electron chi connectivity index (χ2n) is 2.44. The van der Waals surface area contributed by atoms with Crippen LogP contribution in [-0.2, 0) is 13.6 Å². The van der Waals surface area contributed by atoms with Crippen molar-refractivity contribution in [3.05, 3.63) is 0 Å². The van der Waals surface area contributed by atoms with Gasteiger partial charge in [0, 0.05) is 12.3 Å². The maximum absolute atomic E-state index is 11.8. The summed E-state index contributed by atoms with van der Waals surface area (Å²) in [7, 11) is -3.02. The molecule has 1 N–H and O–H groups in total. The minimum atomic E-state index is -3.02. The average Bonchev–Trinajstić information content (AvgIpc) is 2.13. The summed E-state index contributed by atoms with van der Waals surface area (Å²) in [5, 5.41) is 2.82. The van der Waals surface area contributed by atoms with E-state index in [-0.39, 0.29) is 0 Å². The van der Waals surface area contributed by atoms with Crippen molar-refractivity contribution in [2.24, 2.45) is 0 Å². The SMILES string of the molecule is CCOP(=O)(NCCSCC)OCC. The van der Waals surface area contributed by atoms with Crippen LogP contribution in [0.3, 0.4) is 0 Å². The van der Waals surface area contributed by atoms with E-state index in [1.165, 1.54) is 0 Å². The quantitative estimate of drug-likeness (QED) is 0.496. The molecule has 86 valence electrons. The van der Waals surface area contributed by atoms with E-state index in [4.69, 9.17) is 9.05 Å². The van der Waals surface area contributed by atoms with E-state index in [0.717, 1.165) is 11.5 Å². The highest BCUT2D eigenvalue weighted by molar-refractivity contribution is 7.99. The topological polar surface area (TPSA) is 47.6 Å². The van der Waals surface area contributed by atoms with Crippen LogP contribution in [0.15, 0.2) is 0 Å². The van der Waals surface area contributed by atoms with E-state index in [2.05, 4.69) is 12.0 Å². The second-order valence-corrected chi connectivity index (χ2v) is 5.66. The van der Waals surface area contributed by atoms with Gasteiger partial charge in [0.1, 0.15) is 0 Å². The van der Waals surface area contributed by atoms with Crippen molar-refractivity contribution < 1.29 is 13.6 Å². The van der Waals surface area contributed by atoms with Crippen LogP contribution < -0.4 is 5.09 Å². The van der Waals surface area contributed by atoms with Crippen molar-refractivity contribution in [3.63, 3.8) is 0 Å². The number of thioether (sulfide) groups is 1. The third-order valence-electron chi connectivity index (χ3n) is 1.35. The molecule has 0 rings (SSSR count). The molecule has 0 saturated heterocycles. The molecule has 6 heteroatoms. The Morgan fingerprint density at radius 1 is 1.21 bits per heavy atom. The highest BCUT2D eigenvalue weighted by Crippen LogP contribution is 2.42. The molecule has 0 fully saturated rings. The minimum Gasteiger partial charge on any atom is -0.297 e. The van der Waals surface area contributed by atoms with Crippen LogP contribution in [-0.4, -0.2) is 31.3 Å². The van der Waals surface area contributed by atoms with Gasteiger partial charge >= 0.3 is 7.75 Å². The van der Waals surface area contributed by atoms with E-state index in [1.807, 2.05) is 0 Å². The fraction of sp³-hybridized carbons (Fsp3) is 1.00. The van der Waals surface area contributed by atoms with Gasteiger partial charge in [-0.2, -0.15) is 11.8 Å². The zero-order valence-electron chi connectivity index (χ0n) is 9.12. The van der Waals surface area contributed by atoms with Gasteiger partial charge < -0.3 is 0 Å². The largest absolute Gasteiger partial charge is 0.405 e. The molecule has 0 saturated carbocycles. The van der Waals surface area contributed by atoms with Crippen LogP contribution in [0.1, 0.15) is 20.8 Å². The molecular weight excluding hydrogens is 221 g/mol. The summed E-state index contributed by atoms with van der Waals surface area (Å²) < 4.78 is 21.9. The Morgan fingerprint density at radius 2 is 1.79 bits per heavy atom. The molecule has 0 atom stereocenters. The summed E-state index contributed by atoms with van der Waals surface area (Å²) in [5.41, 5.74) is 0. The molecule has 0 radical (unpaired) electrons. The second kappa shape index (κ2) is 8.74. The predicted molar refractivity (Wildman–Crippen MR) is 61.9 cm³/mol. The number of nitrogens with one attached hydrogen (secondary N) is 1. The van der Waals surface area contributed by atoms with Crippen LogP contribution in [0, 0.1) is 0 Å². The minimum absolute atomic E-state index is 0.394. The Kier molecular flexibility index (Phi) is 9.03. The normalized spacial score (nSPS) is 11.9. The zero-order chi connectivity index (χ0) is 10.9. The van der Waals surface area contributed by atoms with Gasteiger partial charge in [-0.1, -0.05) is 6.92 Å². The van der Waals surface area contributed by atoms with Crippen molar-refractivity contribution >= 4 is 19.5 Å². The number of hydrogen-bond acceptors (Lipinski definition) is 4. The first-order valence-electron chi connectivity index (χ1n) is 4.90. The summed E-state index contributed by atoms with van der Waals surface area (Å²) in [6.45, 7) is 7.13. The summed E-state index contributed by atoms with van der Waals surface area (Å²) in [6.07, 6.45) is 0. The standard InChI is InChI=1S/C8H20NO3PS/c1-4-11-13(10,12-5-2)9-7-8-14-6-3/h4-8H2,1-3H3,(H,9,10). The molecule has 0 aromatic carbocycles. The molecule has 0 bridgehead atoms. The first-order valence-corrected chi connectivity index (χ1v) is 7.60. The molecule has 0 spiro atoms. The molecule has 0 heterocycles. The maximum Gasteiger partial charge on any atom is 0.405 e. The van der Waals surface area contributed by atoms with Gasteiger partial charge in [-0.05, 0) is 19.6 Å². The lowest BCUT2D eigenvalue weighted by Crippen LogP contribution is -2.17. The lowest BCUT2D eigenvalue weighted by molar-refractivity contribution is 0.211. The molecule has 0 aromatic rings. The molecule has 0 aliphatic rings. The van der Waals surface area contributed by atoms with Gasteiger partial charge in [0.2, 0.25) is 0 Å². The summed E-state index contributed by atoms with van der Waals surface area (Å²) in [4.78, 5) is 0. The highest BCUT2D eigenvalue weighted by atomic mass is 32.2. The van der Waals surface area contributed by atoms with E-state index < -0.39 is 7.75 Å². The lowest BCUT2D eigenvalue weighted by atomic mass is 10.8. The fourth-order valence-corrected chi connectivity index (χ4v) is 2.88. The van der Waals surface area contributed by atoms with E-state index >= 15 is 0 Å². The van der Waals surface area contributed by atoms with Gasteiger partial charge in [0.25, 0.3) is 0 Å². The smallest absolute Gasteiger partial charge is 0.297 e. The molecular formula is C8H20NO3PS. The van der Waals surface area contributed by atoms with Crippen molar-refractivity contribution in [1.29, 1.82) is 0 Å². The molecule has 4 nitrogen and oxygen atoms in total. The Bertz CT molecular complexity index is 170. The predicted octanol–water partition coefficient (Wildman–Crippen LogP) is 2.51. The molecule has 0 aromatic heterocycles. The van der Waals surface area contributed by atoms with Crippen molar-refractivity contribution in [1.82, 2.24) is 5.09 Å². The Morgan fingerprint density at radius 3 is 2.21 bits per heavy atom. The number of rotatable bonds is 9. The van der Waals surface area contributed by atoms with Gasteiger partial charge in [0.15, 0.2) is 0 Å². The van der Waals surface area contributed by atoms with Gasteiger partial charge in [0.05, 0.1) is 13.2 Å². The fourth-order valence-electron chi connectivity index (χ4n) is 0.868. The third-order valence-corrected chi connectivity index (χ3v) is 4.06. The summed E-state index contributed by atoms with van der Waals surface area (Å²) >= 11 is 1.79. The van der Waals surface area contributed by atoms with Gasteiger partial charge in [-0.25, -0.2) is 9.65 Å². The van der Waals surface area contributed by atoms with Crippen molar-refractivity contribution in [2.45, 2.75) is 20.8 Å². The van der Waals surface area contributed by atoms with Crippen LogP contribution in [0.4, 0.5) is 0 Å². The Hall–Kier alpha value is 0.460. The molecule has 0 aliphatic heterocycles. The highest BCUT2D eigenvalue weighted by Gasteiger charge is 2.21. The lowest BCUT2D eigenvalue weighted by Gasteiger charge is -2.17. The first-order chi connectivity index (χ1) is 6.68.